The number of carbonyl (C=O) groups excluding carboxylic acids is 2. The number of methoxy groups -OCH3 is 1. The highest BCUT2D eigenvalue weighted by Gasteiger charge is 2.52. The Morgan fingerprint density at radius 2 is 1.72 bits per heavy atom. The molecule has 13 heteroatoms. The molecule has 0 unspecified atom stereocenters. The van der Waals surface area contributed by atoms with Gasteiger partial charge in [0.25, 0.3) is 0 Å². The van der Waals surface area contributed by atoms with Crippen molar-refractivity contribution < 1.29 is 48.7 Å². The lowest BCUT2D eigenvalue weighted by Crippen LogP contribution is -2.60. The van der Waals surface area contributed by atoms with Crippen LogP contribution in [0.25, 0.3) is 0 Å². The van der Waals surface area contributed by atoms with Gasteiger partial charge in [-0.3, -0.25) is 14.5 Å². The van der Waals surface area contributed by atoms with E-state index < -0.39 is 77.3 Å². The number of rotatable bonds is 10. The van der Waals surface area contributed by atoms with Gasteiger partial charge in [-0.2, -0.15) is 0 Å². The van der Waals surface area contributed by atoms with Crippen molar-refractivity contribution in [3.63, 3.8) is 0 Å². The molecule has 1 aliphatic carbocycles. The summed E-state index contributed by atoms with van der Waals surface area (Å²) in [5.41, 5.74) is 3.53. The minimum atomic E-state index is -1.86. The van der Waals surface area contributed by atoms with Crippen LogP contribution in [0.15, 0.2) is 5.16 Å². The van der Waals surface area contributed by atoms with Crippen LogP contribution in [-0.2, 0) is 33.4 Å². The van der Waals surface area contributed by atoms with E-state index in [4.69, 9.17) is 41.1 Å². The number of cyclic esters (lactones) is 1. The van der Waals surface area contributed by atoms with Gasteiger partial charge in [0.05, 0.1) is 29.6 Å². The summed E-state index contributed by atoms with van der Waals surface area (Å²) in [6.07, 6.45) is 3.90. The maximum Gasteiger partial charge on any atom is 0.316 e. The Morgan fingerprint density at radius 3 is 2.28 bits per heavy atom. The van der Waals surface area contributed by atoms with E-state index in [2.05, 4.69) is 5.92 Å². The molecule has 0 aromatic rings. The molecule has 53 heavy (non-hydrogen) atoms. The van der Waals surface area contributed by atoms with Gasteiger partial charge >= 0.3 is 5.97 Å². The van der Waals surface area contributed by atoms with E-state index in [0.29, 0.717) is 25.1 Å². The zero-order valence-corrected chi connectivity index (χ0v) is 33.8. The zero-order valence-electron chi connectivity index (χ0n) is 33.8. The van der Waals surface area contributed by atoms with Crippen LogP contribution in [0.5, 0.6) is 0 Å². The number of terminal acetylenes is 1. The SMILES string of the molecule is C#CCCN(C)[C@H]1C[C@@H](C)O[C@@H](O[C@@H]2[C@@H](C)C(=O)[C@@H](C)C(=O)O[C@H](CC)[C@](O)(CC)[C@H](O)[C@@H](C)/C(=N/OC3CCC(N)CC3)[C@H](C)C[C@@]2(C)OC)[C@@H]1O. The Bertz CT molecular complexity index is 1270. The molecule has 0 aromatic heterocycles. The van der Waals surface area contributed by atoms with E-state index in [9.17, 15) is 24.9 Å². The number of hydrogen-bond acceptors (Lipinski definition) is 13. The van der Waals surface area contributed by atoms with Crippen LogP contribution in [0.1, 0.15) is 113 Å². The Morgan fingerprint density at radius 1 is 1.08 bits per heavy atom. The maximum absolute atomic E-state index is 14.3. The van der Waals surface area contributed by atoms with Gasteiger partial charge < -0.3 is 44.8 Å². The van der Waals surface area contributed by atoms with Crippen molar-refractivity contribution in [1.82, 2.24) is 4.90 Å². The van der Waals surface area contributed by atoms with Crippen LogP contribution in [0.2, 0.25) is 0 Å². The first-order valence-electron chi connectivity index (χ1n) is 19.7. The van der Waals surface area contributed by atoms with Gasteiger partial charge in [0.15, 0.2) is 12.1 Å². The van der Waals surface area contributed by atoms with E-state index >= 15 is 0 Å². The van der Waals surface area contributed by atoms with Gasteiger partial charge in [0.1, 0.15) is 29.8 Å². The zero-order chi connectivity index (χ0) is 39.8. The number of likely N-dealkylation sites (N-methyl/N-ethyl adjacent to an activating group) is 1. The van der Waals surface area contributed by atoms with Crippen LogP contribution >= 0.6 is 0 Å². The smallest absolute Gasteiger partial charge is 0.316 e. The van der Waals surface area contributed by atoms with Crippen molar-refractivity contribution in [1.29, 1.82) is 0 Å². The average Bonchev–Trinajstić information content (AvgIpc) is 3.14. The molecule has 2 aliphatic heterocycles. The molecule has 0 bridgehead atoms. The topological polar surface area (TPSA) is 183 Å². The van der Waals surface area contributed by atoms with Crippen molar-refractivity contribution >= 4 is 17.5 Å². The Balaban J connectivity index is 2.14. The molecule has 1 saturated carbocycles. The average molecular weight is 752 g/mol. The largest absolute Gasteiger partial charge is 0.459 e. The highest BCUT2D eigenvalue weighted by Crippen LogP contribution is 2.39. The van der Waals surface area contributed by atoms with Gasteiger partial charge in [-0.1, -0.05) is 39.8 Å². The maximum atomic E-state index is 14.3. The molecule has 3 aliphatic rings. The number of Topliss-reactive ketones (excluding diaryl/α,β-unsaturated/α-hetero) is 1. The molecule has 0 aromatic carbocycles. The molecule has 0 spiro atoms. The fourth-order valence-corrected chi connectivity index (χ4v) is 8.56. The monoisotopic (exact) mass is 751 g/mol. The molecule has 13 atom stereocenters. The molecular weight excluding hydrogens is 682 g/mol. The molecule has 3 fully saturated rings. The number of hydrogen-bond donors (Lipinski definition) is 4. The number of aliphatic hydroxyl groups is 3. The molecule has 0 amide bonds. The molecule has 5 N–H and O–H groups in total. The second-order valence-corrected chi connectivity index (χ2v) is 16.2. The minimum absolute atomic E-state index is 0.0683. The Labute approximate surface area is 317 Å². The van der Waals surface area contributed by atoms with Gasteiger partial charge in [-0.25, -0.2) is 0 Å². The number of ketones is 1. The number of carbonyl (C=O) groups is 2. The van der Waals surface area contributed by atoms with Crippen molar-refractivity contribution in [3.05, 3.63) is 0 Å². The summed E-state index contributed by atoms with van der Waals surface area (Å²) >= 11 is 0. The summed E-state index contributed by atoms with van der Waals surface area (Å²) in [5.74, 6) is -2.02. The van der Waals surface area contributed by atoms with E-state index in [0.717, 1.165) is 25.7 Å². The summed E-state index contributed by atoms with van der Waals surface area (Å²) in [4.78, 5) is 36.1. The third kappa shape index (κ3) is 10.6. The first-order valence-corrected chi connectivity index (χ1v) is 19.7. The van der Waals surface area contributed by atoms with Crippen LogP contribution in [0.4, 0.5) is 0 Å². The predicted octanol–water partition coefficient (Wildman–Crippen LogP) is 3.58. The normalized spacial score (nSPS) is 43.2. The summed E-state index contributed by atoms with van der Waals surface area (Å²) in [6.45, 7) is 14.6. The quantitative estimate of drug-likeness (QED) is 0.110. The van der Waals surface area contributed by atoms with Crippen molar-refractivity contribution in [3.8, 4) is 12.3 Å². The van der Waals surface area contributed by atoms with Gasteiger partial charge in [-0.15, -0.1) is 12.3 Å². The number of nitrogens with two attached hydrogens (primary N) is 1. The third-order valence-corrected chi connectivity index (χ3v) is 12.3. The lowest BCUT2D eigenvalue weighted by molar-refractivity contribution is -0.295. The first-order chi connectivity index (χ1) is 24.9. The number of esters is 1. The van der Waals surface area contributed by atoms with Crippen molar-refractivity contribution in [2.75, 3.05) is 20.7 Å². The van der Waals surface area contributed by atoms with Crippen LogP contribution in [-0.4, -0.2) is 125 Å². The number of aliphatic hydroxyl groups excluding tert-OH is 2. The summed E-state index contributed by atoms with van der Waals surface area (Å²) < 4.78 is 25.1. The molecule has 3 rings (SSSR count). The lowest BCUT2D eigenvalue weighted by Gasteiger charge is -2.47. The van der Waals surface area contributed by atoms with Crippen molar-refractivity contribution in [2.24, 2.45) is 34.6 Å². The molecule has 2 saturated heterocycles. The first kappa shape index (κ1) is 45.2. The molecular formula is C40H69N3O10. The fourth-order valence-electron chi connectivity index (χ4n) is 8.56. The summed E-state index contributed by atoms with van der Waals surface area (Å²) in [6, 6.07) is -0.219. The van der Waals surface area contributed by atoms with Crippen LogP contribution in [0.3, 0.4) is 0 Å². The van der Waals surface area contributed by atoms with Crippen LogP contribution in [0, 0.1) is 36.0 Å². The summed E-state index contributed by atoms with van der Waals surface area (Å²) in [7, 11) is 3.42. The predicted molar refractivity (Wildman–Crippen MR) is 202 cm³/mol. The highest BCUT2D eigenvalue weighted by atomic mass is 16.7. The lowest BCUT2D eigenvalue weighted by atomic mass is 9.73. The number of ether oxygens (including phenoxy) is 4. The standard InChI is InChI=1S/C40H69N3O10/c1-12-15-20-43(10)30-21-24(5)50-38(34(30)45)52-36-26(7)33(44)27(8)37(47)51-31(13-2)40(48,14-3)35(46)25(6)32(23(4)22-39(36,9)49-11)42-53-29-18-16-28(41)17-19-29/h1,23-31,34-36,38,45-46,48H,13-22,41H2,2-11H3/b42-32+/t23-,24-,25+,26+,27-,28?,29?,30+,31-,34-,35-,36-,38+,39-,40-/m1/s1. The third-order valence-electron chi connectivity index (χ3n) is 12.3. The van der Waals surface area contributed by atoms with Gasteiger partial charge in [-0.05, 0) is 79.2 Å². The molecule has 13 nitrogen and oxygen atoms in total. The van der Waals surface area contributed by atoms with Crippen LogP contribution < -0.4 is 5.73 Å². The number of nitrogens with zero attached hydrogens (tertiary/aromatic N) is 2. The second kappa shape index (κ2) is 19.6. The van der Waals surface area contributed by atoms with E-state index in [1.54, 1.807) is 27.7 Å². The fraction of sp³-hybridized carbons (Fsp3) is 0.875. The van der Waals surface area contributed by atoms with E-state index in [1.165, 1.54) is 14.0 Å². The summed E-state index contributed by atoms with van der Waals surface area (Å²) in [5, 5.41) is 40.4. The molecule has 2 heterocycles. The Hall–Kier alpha value is -2.15. The molecule has 0 radical (unpaired) electrons. The van der Waals surface area contributed by atoms with E-state index in [-0.39, 0.29) is 43.6 Å². The molecule has 304 valence electrons. The minimum Gasteiger partial charge on any atom is -0.459 e. The number of oxime groups is 1. The second-order valence-electron chi connectivity index (χ2n) is 16.2. The van der Waals surface area contributed by atoms with Gasteiger partial charge in [0, 0.05) is 49.9 Å². The highest BCUT2D eigenvalue weighted by molar-refractivity contribution is 6.00. The van der Waals surface area contributed by atoms with Crippen molar-refractivity contribution in [2.45, 2.75) is 179 Å². The Kier molecular flexibility index (Phi) is 16.8. The van der Waals surface area contributed by atoms with E-state index in [1.807, 2.05) is 32.7 Å². The van der Waals surface area contributed by atoms with Gasteiger partial charge in [0.2, 0.25) is 0 Å².